The number of aryl methyl sites for hydroxylation is 1. The molecule has 0 amide bonds. The number of halogens is 1. The first-order chi connectivity index (χ1) is 14.2. The molecule has 0 fully saturated rings. The molecular weight excluding hydrogens is 427 g/mol. The zero-order valence-electron chi connectivity index (χ0n) is 17.0. The molecule has 0 radical (unpaired) electrons. The SMILES string of the molecule is CCCCc1nc(Cl)c(C[O-])n1-c1ccc(-c2ccccc2-c2nn[nH]n2)cc1.[K+]. The average Bonchev–Trinajstić information content (AvgIpc) is 3.40. The molecule has 0 aliphatic heterocycles. The molecule has 4 rings (SSSR count). The molecule has 0 spiro atoms. The average molecular weight is 447 g/mol. The number of aromatic nitrogens is 6. The van der Waals surface area contributed by atoms with Crippen molar-refractivity contribution < 1.29 is 56.5 Å². The molecule has 0 saturated carbocycles. The van der Waals surface area contributed by atoms with Gasteiger partial charge in [0.15, 0.2) is 0 Å². The summed E-state index contributed by atoms with van der Waals surface area (Å²) >= 11 is 6.23. The van der Waals surface area contributed by atoms with E-state index in [1.54, 1.807) is 0 Å². The standard InChI is InChI=1S/C21H20ClN6O.K/c1-2-3-8-19-23-20(22)18(13-29)28(19)15-11-9-14(10-12-15)16-6-4-5-7-17(16)21-24-26-27-25-21;/h4-7,9-12H,2-3,8,13H2,1H3,(H,24,25,26,27);/q-1;+1. The number of tetrazole rings is 1. The van der Waals surface area contributed by atoms with Gasteiger partial charge in [0, 0.05) is 23.4 Å². The first-order valence-corrected chi connectivity index (χ1v) is 9.88. The molecule has 30 heavy (non-hydrogen) atoms. The summed E-state index contributed by atoms with van der Waals surface area (Å²) in [6.07, 6.45) is 2.81. The van der Waals surface area contributed by atoms with Gasteiger partial charge in [-0.3, -0.25) is 0 Å². The normalized spacial score (nSPS) is 10.8. The fourth-order valence-electron chi connectivity index (χ4n) is 3.40. The molecule has 0 saturated heterocycles. The van der Waals surface area contributed by atoms with Crippen LogP contribution in [0.3, 0.4) is 0 Å². The summed E-state index contributed by atoms with van der Waals surface area (Å²) in [6, 6.07) is 15.9. The number of benzene rings is 2. The van der Waals surface area contributed by atoms with E-state index in [2.05, 4.69) is 32.5 Å². The largest absolute Gasteiger partial charge is 1.00 e. The van der Waals surface area contributed by atoms with Gasteiger partial charge in [0.25, 0.3) is 0 Å². The topological polar surface area (TPSA) is 95.3 Å². The molecule has 0 aliphatic carbocycles. The third-order valence-electron chi connectivity index (χ3n) is 4.83. The molecule has 9 heteroatoms. The molecule has 0 bridgehead atoms. The Morgan fingerprint density at radius 3 is 2.43 bits per heavy atom. The van der Waals surface area contributed by atoms with E-state index in [1.807, 2.05) is 53.1 Å². The van der Waals surface area contributed by atoms with Crippen molar-refractivity contribution in [3.63, 3.8) is 0 Å². The van der Waals surface area contributed by atoms with Gasteiger partial charge in [0.1, 0.15) is 11.0 Å². The maximum Gasteiger partial charge on any atom is 1.00 e. The second kappa shape index (κ2) is 10.8. The van der Waals surface area contributed by atoms with Gasteiger partial charge in [0.05, 0.1) is 0 Å². The van der Waals surface area contributed by atoms with Crippen LogP contribution in [0, 0.1) is 0 Å². The van der Waals surface area contributed by atoms with Crippen molar-refractivity contribution in [1.82, 2.24) is 30.2 Å². The third-order valence-corrected chi connectivity index (χ3v) is 5.14. The molecule has 2 aromatic carbocycles. The van der Waals surface area contributed by atoms with Crippen LogP contribution in [-0.4, -0.2) is 30.2 Å². The molecule has 0 unspecified atom stereocenters. The summed E-state index contributed by atoms with van der Waals surface area (Å²) in [5, 5.41) is 26.4. The monoisotopic (exact) mass is 446 g/mol. The minimum Gasteiger partial charge on any atom is -0.850 e. The number of imidazole rings is 1. The van der Waals surface area contributed by atoms with Crippen LogP contribution in [0.2, 0.25) is 5.15 Å². The van der Waals surface area contributed by atoms with Gasteiger partial charge < -0.3 is 9.67 Å². The third kappa shape index (κ3) is 4.75. The van der Waals surface area contributed by atoms with E-state index < -0.39 is 6.61 Å². The summed E-state index contributed by atoms with van der Waals surface area (Å²) in [4.78, 5) is 4.43. The molecule has 1 N–H and O–H groups in total. The van der Waals surface area contributed by atoms with Gasteiger partial charge in [0.2, 0.25) is 5.82 Å². The van der Waals surface area contributed by atoms with E-state index in [0.29, 0.717) is 11.5 Å². The van der Waals surface area contributed by atoms with E-state index in [0.717, 1.165) is 47.5 Å². The molecule has 7 nitrogen and oxygen atoms in total. The van der Waals surface area contributed by atoms with Crippen LogP contribution >= 0.6 is 11.6 Å². The molecule has 148 valence electrons. The number of rotatable bonds is 7. The Kier molecular flexibility index (Phi) is 8.35. The number of unbranched alkanes of at least 4 members (excludes halogenated alkanes) is 1. The van der Waals surface area contributed by atoms with Crippen molar-refractivity contribution in [3.05, 3.63) is 65.2 Å². The molecule has 4 aromatic rings. The van der Waals surface area contributed by atoms with Crippen molar-refractivity contribution in [2.45, 2.75) is 32.8 Å². The maximum atomic E-state index is 11.7. The number of nitrogens with one attached hydrogen (secondary N) is 1. The Bertz CT molecular complexity index is 1100. The summed E-state index contributed by atoms with van der Waals surface area (Å²) < 4.78 is 1.89. The van der Waals surface area contributed by atoms with Crippen molar-refractivity contribution in [2.24, 2.45) is 0 Å². The smallest absolute Gasteiger partial charge is 0.850 e. The molecular formula is C21H20ClKN6O. The predicted octanol–water partition coefficient (Wildman–Crippen LogP) is 0.580. The first-order valence-electron chi connectivity index (χ1n) is 9.50. The van der Waals surface area contributed by atoms with E-state index in [-0.39, 0.29) is 56.5 Å². The molecule has 0 atom stereocenters. The van der Waals surface area contributed by atoms with Gasteiger partial charge in [-0.1, -0.05) is 68.0 Å². The number of hydrogen-bond acceptors (Lipinski definition) is 5. The number of aromatic amines is 1. The Morgan fingerprint density at radius 1 is 1.07 bits per heavy atom. The van der Waals surface area contributed by atoms with E-state index in [9.17, 15) is 5.11 Å². The minimum atomic E-state index is -0.416. The van der Waals surface area contributed by atoms with Crippen LogP contribution in [-0.2, 0) is 13.0 Å². The Labute approximate surface area is 222 Å². The predicted molar refractivity (Wildman–Crippen MR) is 109 cm³/mol. The fraction of sp³-hybridized carbons (Fsp3) is 0.238. The van der Waals surface area contributed by atoms with Crippen molar-refractivity contribution in [2.75, 3.05) is 0 Å². The molecule has 0 aliphatic rings. The van der Waals surface area contributed by atoms with Gasteiger partial charge in [-0.25, -0.2) is 4.98 Å². The fourth-order valence-corrected chi connectivity index (χ4v) is 3.64. The summed E-state index contributed by atoms with van der Waals surface area (Å²) in [5.41, 5.74) is 4.28. The second-order valence-corrected chi connectivity index (χ2v) is 7.03. The van der Waals surface area contributed by atoms with Crippen LogP contribution in [0.25, 0.3) is 28.2 Å². The zero-order valence-corrected chi connectivity index (χ0v) is 20.8. The summed E-state index contributed by atoms with van der Waals surface area (Å²) in [5.74, 6) is 1.37. The minimum absolute atomic E-state index is 0. The first kappa shape index (κ1) is 23.3. The quantitative estimate of drug-likeness (QED) is 0.419. The van der Waals surface area contributed by atoms with E-state index in [4.69, 9.17) is 11.6 Å². The number of H-pyrrole nitrogens is 1. The number of hydrogen-bond donors (Lipinski definition) is 1. The van der Waals surface area contributed by atoms with Gasteiger partial charge in [-0.15, -0.1) is 10.2 Å². The van der Waals surface area contributed by atoms with Crippen LogP contribution < -0.4 is 56.5 Å². The Hall–Kier alpha value is -1.39. The van der Waals surface area contributed by atoms with Crippen LogP contribution in [0.5, 0.6) is 0 Å². The summed E-state index contributed by atoms with van der Waals surface area (Å²) in [6.45, 7) is 1.71. The summed E-state index contributed by atoms with van der Waals surface area (Å²) in [7, 11) is 0. The number of nitrogens with zero attached hydrogens (tertiary/aromatic N) is 5. The Balaban J connectivity index is 0.00000256. The zero-order chi connectivity index (χ0) is 20.2. The van der Waals surface area contributed by atoms with Gasteiger partial charge in [-0.2, -0.15) is 5.21 Å². The van der Waals surface area contributed by atoms with Crippen molar-refractivity contribution in [1.29, 1.82) is 0 Å². The second-order valence-electron chi connectivity index (χ2n) is 6.68. The van der Waals surface area contributed by atoms with E-state index >= 15 is 0 Å². The van der Waals surface area contributed by atoms with Crippen LogP contribution in [0.1, 0.15) is 31.3 Å². The maximum absolute atomic E-state index is 11.7. The van der Waals surface area contributed by atoms with Crippen LogP contribution in [0.15, 0.2) is 48.5 Å². The van der Waals surface area contributed by atoms with Crippen molar-refractivity contribution in [3.8, 4) is 28.2 Å². The van der Waals surface area contributed by atoms with E-state index in [1.165, 1.54) is 0 Å². The molecule has 2 heterocycles. The van der Waals surface area contributed by atoms with Crippen molar-refractivity contribution >= 4 is 11.6 Å². The van der Waals surface area contributed by atoms with Gasteiger partial charge >= 0.3 is 51.4 Å². The van der Waals surface area contributed by atoms with Crippen LogP contribution in [0.4, 0.5) is 0 Å². The Morgan fingerprint density at radius 2 is 1.80 bits per heavy atom. The molecule has 2 aromatic heterocycles. The van der Waals surface area contributed by atoms with Gasteiger partial charge in [-0.05, 0) is 34.9 Å².